The molecule has 0 spiro atoms. The normalized spacial score (nSPS) is 18.1. The minimum absolute atomic E-state index is 0.0189. The fraction of sp³-hybridized carbons (Fsp3) is 0.433. The van der Waals surface area contributed by atoms with Gasteiger partial charge in [-0.3, -0.25) is 4.79 Å². The quantitative estimate of drug-likeness (QED) is 0.447. The average molecular weight is 516 g/mol. The van der Waals surface area contributed by atoms with E-state index in [4.69, 9.17) is 28.9 Å². The number of hydrogen-bond acceptors (Lipinski definition) is 8. The van der Waals surface area contributed by atoms with Crippen LogP contribution in [0, 0.1) is 6.92 Å². The molecule has 0 bridgehead atoms. The van der Waals surface area contributed by atoms with Crippen LogP contribution < -0.4 is 14.4 Å². The van der Waals surface area contributed by atoms with Crippen LogP contribution >= 0.6 is 0 Å². The molecule has 3 aliphatic rings. The van der Waals surface area contributed by atoms with E-state index < -0.39 is 0 Å². The summed E-state index contributed by atoms with van der Waals surface area (Å²) in [6.07, 6.45) is 3.36. The Kier molecular flexibility index (Phi) is 6.89. The molecular weight excluding hydrogens is 482 g/mol. The molecule has 0 radical (unpaired) electrons. The summed E-state index contributed by atoms with van der Waals surface area (Å²) in [4.78, 5) is 23.9. The molecule has 2 aliphatic heterocycles. The number of hydrogen-bond donors (Lipinski definition) is 0. The van der Waals surface area contributed by atoms with E-state index in [1.54, 1.807) is 0 Å². The number of aromatic nitrogens is 2. The number of benzene rings is 2. The lowest BCUT2D eigenvalue weighted by Crippen LogP contribution is -2.37. The number of carbonyl (C=O) groups excluding carboxylic acids is 1. The first-order valence-corrected chi connectivity index (χ1v) is 13.4. The van der Waals surface area contributed by atoms with Crippen molar-refractivity contribution < 1.29 is 23.7 Å². The van der Waals surface area contributed by atoms with Crippen LogP contribution in [0.2, 0.25) is 0 Å². The Morgan fingerprint density at radius 1 is 1.11 bits per heavy atom. The molecule has 1 fully saturated rings. The summed E-state index contributed by atoms with van der Waals surface area (Å²) in [6, 6.07) is 12.5. The lowest BCUT2D eigenvalue weighted by molar-refractivity contribution is -0.141. The highest BCUT2D eigenvalue weighted by atomic mass is 16.5. The second-order valence-electron chi connectivity index (χ2n) is 10.2. The Morgan fingerprint density at radius 2 is 1.97 bits per heavy atom. The third-order valence-electron chi connectivity index (χ3n) is 7.66. The maximum Gasteiger partial charge on any atom is 0.306 e. The van der Waals surface area contributed by atoms with Crippen LogP contribution in [0.25, 0.3) is 11.1 Å². The van der Waals surface area contributed by atoms with Crippen molar-refractivity contribution in [2.24, 2.45) is 0 Å². The fourth-order valence-electron chi connectivity index (χ4n) is 5.63. The first-order valence-electron chi connectivity index (χ1n) is 13.4. The molecule has 3 heterocycles. The van der Waals surface area contributed by atoms with E-state index in [1.807, 2.05) is 18.2 Å². The molecule has 1 atom stereocenters. The highest BCUT2D eigenvalue weighted by Crippen LogP contribution is 2.39. The van der Waals surface area contributed by atoms with Gasteiger partial charge in [-0.25, -0.2) is 9.97 Å². The van der Waals surface area contributed by atoms with Gasteiger partial charge < -0.3 is 23.8 Å². The molecule has 8 heteroatoms. The van der Waals surface area contributed by atoms with Crippen LogP contribution in [-0.2, 0) is 33.7 Å². The zero-order chi connectivity index (χ0) is 26.1. The number of fused-ring (bicyclic) bond motifs is 4. The van der Waals surface area contributed by atoms with E-state index >= 15 is 0 Å². The van der Waals surface area contributed by atoms with Gasteiger partial charge in [0.1, 0.15) is 18.1 Å². The third-order valence-corrected chi connectivity index (χ3v) is 7.66. The molecule has 0 unspecified atom stereocenters. The molecule has 3 aromatic rings. The van der Waals surface area contributed by atoms with E-state index in [1.165, 1.54) is 23.8 Å². The SMILES string of the molecule is COC(=O)C[C@@H]1COc2cc(OCc3ccc4c(c3)-c3c(C)nc(N5CCOCC5)nc3CCC4)ccc21. The highest BCUT2D eigenvalue weighted by Gasteiger charge is 2.27. The van der Waals surface area contributed by atoms with Crippen LogP contribution in [0.1, 0.15) is 46.8 Å². The predicted octanol–water partition coefficient (Wildman–Crippen LogP) is 4.40. The van der Waals surface area contributed by atoms with Crippen molar-refractivity contribution in [3.8, 4) is 22.6 Å². The van der Waals surface area contributed by atoms with Gasteiger partial charge in [0.2, 0.25) is 5.95 Å². The number of morpholine rings is 1. The summed E-state index contributed by atoms with van der Waals surface area (Å²) < 4.78 is 22.3. The minimum atomic E-state index is -0.227. The molecule has 198 valence electrons. The van der Waals surface area contributed by atoms with Crippen molar-refractivity contribution in [3.63, 3.8) is 0 Å². The van der Waals surface area contributed by atoms with Crippen molar-refractivity contribution in [1.29, 1.82) is 0 Å². The van der Waals surface area contributed by atoms with E-state index in [0.717, 1.165) is 85.5 Å². The molecule has 1 aromatic heterocycles. The molecule has 38 heavy (non-hydrogen) atoms. The number of aryl methyl sites for hydroxylation is 3. The van der Waals surface area contributed by atoms with Crippen LogP contribution in [0.15, 0.2) is 36.4 Å². The number of carbonyl (C=O) groups is 1. The zero-order valence-electron chi connectivity index (χ0n) is 22.0. The number of esters is 1. The largest absolute Gasteiger partial charge is 0.492 e. The number of nitrogens with zero attached hydrogens (tertiary/aromatic N) is 3. The average Bonchev–Trinajstić information content (AvgIpc) is 3.23. The molecule has 0 amide bonds. The van der Waals surface area contributed by atoms with E-state index in [9.17, 15) is 4.79 Å². The van der Waals surface area contributed by atoms with Crippen LogP contribution in [0.3, 0.4) is 0 Å². The van der Waals surface area contributed by atoms with Crippen molar-refractivity contribution in [2.45, 2.75) is 45.1 Å². The number of rotatable bonds is 6. The number of ether oxygens (including phenoxy) is 4. The standard InChI is InChI=1S/C30H33N3O5/c1-19-29-25-14-20(17-37-23-8-9-24-22(15-28(34)35-2)18-38-27(24)16-23)6-7-21(25)4-3-5-26(29)32-30(31-19)33-10-12-36-13-11-33/h6-9,14,16,22H,3-5,10-13,15,17-18H2,1-2H3/t22-/m1/s1. The molecule has 2 aromatic carbocycles. The second kappa shape index (κ2) is 10.6. The second-order valence-corrected chi connectivity index (χ2v) is 10.2. The summed E-state index contributed by atoms with van der Waals surface area (Å²) >= 11 is 0. The summed E-state index contributed by atoms with van der Waals surface area (Å²) in [5.74, 6) is 2.13. The van der Waals surface area contributed by atoms with Crippen LogP contribution in [-0.4, -0.2) is 56.0 Å². The lowest BCUT2D eigenvalue weighted by atomic mass is 9.95. The minimum Gasteiger partial charge on any atom is -0.492 e. The zero-order valence-corrected chi connectivity index (χ0v) is 22.0. The Morgan fingerprint density at radius 3 is 2.82 bits per heavy atom. The molecule has 8 nitrogen and oxygen atoms in total. The first kappa shape index (κ1) is 24.7. The Labute approximate surface area is 222 Å². The highest BCUT2D eigenvalue weighted by molar-refractivity contribution is 5.74. The Balaban J connectivity index is 1.21. The summed E-state index contributed by atoms with van der Waals surface area (Å²) in [6.45, 7) is 6.12. The third kappa shape index (κ3) is 4.92. The lowest BCUT2D eigenvalue weighted by Gasteiger charge is -2.28. The Bertz CT molecular complexity index is 1350. The van der Waals surface area contributed by atoms with Gasteiger partial charge in [-0.1, -0.05) is 18.2 Å². The van der Waals surface area contributed by atoms with E-state index in [0.29, 0.717) is 19.6 Å². The summed E-state index contributed by atoms with van der Waals surface area (Å²) in [5.41, 5.74) is 7.99. The van der Waals surface area contributed by atoms with Gasteiger partial charge in [-0.2, -0.15) is 0 Å². The van der Waals surface area contributed by atoms with Gasteiger partial charge in [-0.15, -0.1) is 0 Å². The maximum atomic E-state index is 11.7. The van der Waals surface area contributed by atoms with Gasteiger partial charge in [0.15, 0.2) is 0 Å². The van der Waals surface area contributed by atoms with E-state index in [-0.39, 0.29) is 11.9 Å². The number of methoxy groups -OCH3 is 1. The van der Waals surface area contributed by atoms with Crippen LogP contribution in [0.5, 0.6) is 11.5 Å². The monoisotopic (exact) mass is 515 g/mol. The van der Waals surface area contributed by atoms with Crippen molar-refractivity contribution in [2.75, 3.05) is 44.9 Å². The fourth-order valence-corrected chi connectivity index (χ4v) is 5.63. The van der Waals surface area contributed by atoms with Gasteiger partial charge in [-0.05, 0) is 55.0 Å². The topological polar surface area (TPSA) is 83.0 Å². The van der Waals surface area contributed by atoms with E-state index in [2.05, 4.69) is 30.0 Å². The first-order chi connectivity index (χ1) is 18.6. The maximum absolute atomic E-state index is 11.7. The molecule has 1 aliphatic carbocycles. The number of anilines is 1. The van der Waals surface area contributed by atoms with Crippen LogP contribution in [0.4, 0.5) is 5.95 Å². The predicted molar refractivity (Wildman–Crippen MR) is 143 cm³/mol. The smallest absolute Gasteiger partial charge is 0.306 e. The molecule has 0 saturated carbocycles. The van der Waals surface area contributed by atoms with Crippen molar-refractivity contribution in [1.82, 2.24) is 9.97 Å². The summed E-state index contributed by atoms with van der Waals surface area (Å²) in [7, 11) is 1.41. The molecular formula is C30H33N3O5. The van der Waals surface area contributed by atoms with Crippen molar-refractivity contribution >= 4 is 11.9 Å². The summed E-state index contributed by atoms with van der Waals surface area (Å²) in [5, 5.41) is 0. The molecule has 0 N–H and O–H groups in total. The van der Waals surface area contributed by atoms with Gasteiger partial charge in [0.05, 0.1) is 44.7 Å². The van der Waals surface area contributed by atoms with Gasteiger partial charge in [0, 0.05) is 36.2 Å². The van der Waals surface area contributed by atoms with Gasteiger partial charge >= 0.3 is 5.97 Å². The van der Waals surface area contributed by atoms with Crippen molar-refractivity contribution in [3.05, 3.63) is 64.5 Å². The van der Waals surface area contributed by atoms with Gasteiger partial charge in [0.25, 0.3) is 0 Å². The molecule has 1 saturated heterocycles. The molecule has 6 rings (SSSR count). The Hall–Kier alpha value is -3.65.